The molecule has 1 rings (SSSR count). The predicted octanol–water partition coefficient (Wildman–Crippen LogP) is -0.155. The van der Waals surface area contributed by atoms with E-state index >= 15 is 0 Å². The van der Waals surface area contributed by atoms with Crippen molar-refractivity contribution >= 4 is 0 Å². The molecule has 0 aliphatic carbocycles. The fraction of sp³-hybridized carbons (Fsp3) is 1.00. The van der Waals surface area contributed by atoms with Crippen LogP contribution >= 0.6 is 0 Å². The first-order chi connectivity index (χ1) is 7.22. The lowest BCUT2D eigenvalue weighted by Gasteiger charge is -2.20. The molecule has 0 aromatic heterocycles. The third-order valence-corrected chi connectivity index (χ3v) is 2.94. The zero-order valence-corrected chi connectivity index (χ0v) is 10.1. The van der Waals surface area contributed by atoms with Gasteiger partial charge in [0.15, 0.2) is 0 Å². The maximum Gasteiger partial charge on any atom is 0.0593 e. The molecule has 0 aromatic rings. The Hall–Kier alpha value is -0.160. The normalized spacial score (nSPS) is 22.8. The van der Waals surface area contributed by atoms with Crippen LogP contribution in [0.1, 0.15) is 6.42 Å². The lowest BCUT2D eigenvalue weighted by Crippen LogP contribution is -2.30. The Morgan fingerprint density at radius 1 is 1.47 bits per heavy atom. The van der Waals surface area contributed by atoms with Crippen molar-refractivity contribution in [3.05, 3.63) is 0 Å². The van der Waals surface area contributed by atoms with Gasteiger partial charge in [0, 0.05) is 26.2 Å². The first-order valence-electron chi connectivity index (χ1n) is 5.87. The van der Waals surface area contributed by atoms with Crippen LogP contribution in [-0.4, -0.2) is 69.8 Å². The minimum atomic E-state index is 0.622. The van der Waals surface area contributed by atoms with E-state index in [1.165, 1.54) is 26.1 Å². The first kappa shape index (κ1) is 12.9. The van der Waals surface area contributed by atoms with Crippen LogP contribution in [0.4, 0.5) is 0 Å². The third kappa shape index (κ3) is 5.47. The summed E-state index contributed by atoms with van der Waals surface area (Å²) in [6, 6.07) is 0. The maximum atomic E-state index is 5.36. The number of likely N-dealkylation sites (N-methyl/N-ethyl adjacent to an activating group) is 1. The highest BCUT2D eigenvalue weighted by Gasteiger charge is 2.20. The molecule has 0 bridgehead atoms. The second-order valence-corrected chi connectivity index (χ2v) is 4.58. The zero-order chi connectivity index (χ0) is 11.1. The number of nitrogens with zero attached hydrogens (tertiary/aromatic N) is 2. The average Bonchev–Trinajstić information content (AvgIpc) is 2.59. The van der Waals surface area contributed by atoms with Crippen LogP contribution in [-0.2, 0) is 4.74 Å². The molecule has 1 aliphatic rings. The first-order valence-corrected chi connectivity index (χ1v) is 5.87. The summed E-state index contributed by atoms with van der Waals surface area (Å²) in [7, 11) is 4.37. The van der Waals surface area contributed by atoms with Gasteiger partial charge in [-0.15, -0.1) is 0 Å². The molecule has 4 nitrogen and oxygen atoms in total. The Kier molecular flexibility index (Phi) is 6.17. The summed E-state index contributed by atoms with van der Waals surface area (Å²) in [5.74, 6) is 0.842. The molecule has 1 aliphatic heterocycles. The summed E-state index contributed by atoms with van der Waals surface area (Å²) in [5.41, 5.74) is 5.35. The molecule has 0 aromatic carbocycles. The molecule has 90 valence electrons. The summed E-state index contributed by atoms with van der Waals surface area (Å²) < 4.78 is 5.36. The van der Waals surface area contributed by atoms with Gasteiger partial charge in [0.1, 0.15) is 0 Å². The monoisotopic (exact) mass is 215 g/mol. The van der Waals surface area contributed by atoms with Gasteiger partial charge in [-0.05, 0) is 33.0 Å². The van der Waals surface area contributed by atoms with Gasteiger partial charge in [0.2, 0.25) is 0 Å². The summed E-state index contributed by atoms with van der Waals surface area (Å²) in [6.07, 6.45) is 1.34. The molecule has 1 fully saturated rings. The molecule has 0 saturated carbocycles. The number of likely N-dealkylation sites (tertiary alicyclic amines) is 1. The smallest absolute Gasteiger partial charge is 0.0593 e. The van der Waals surface area contributed by atoms with Gasteiger partial charge in [-0.25, -0.2) is 0 Å². The molecule has 15 heavy (non-hydrogen) atoms. The van der Waals surface area contributed by atoms with E-state index in [9.17, 15) is 0 Å². The van der Waals surface area contributed by atoms with E-state index in [1.54, 1.807) is 0 Å². The van der Waals surface area contributed by atoms with Gasteiger partial charge in [-0.2, -0.15) is 0 Å². The van der Waals surface area contributed by atoms with Crippen molar-refractivity contribution in [3.8, 4) is 0 Å². The number of hydrogen-bond acceptors (Lipinski definition) is 4. The van der Waals surface area contributed by atoms with Crippen LogP contribution in [0.25, 0.3) is 0 Å². The van der Waals surface area contributed by atoms with Crippen LogP contribution in [0.3, 0.4) is 0 Å². The topological polar surface area (TPSA) is 41.7 Å². The largest absolute Gasteiger partial charge is 0.379 e. The van der Waals surface area contributed by atoms with E-state index < -0.39 is 0 Å². The molecule has 0 radical (unpaired) electrons. The Balaban J connectivity index is 2.00. The number of rotatable bonds is 7. The van der Waals surface area contributed by atoms with Gasteiger partial charge in [-0.1, -0.05) is 0 Å². The van der Waals surface area contributed by atoms with E-state index in [2.05, 4.69) is 23.9 Å². The van der Waals surface area contributed by atoms with Crippen LogP contribution in [0.5, 0.6) is 0 Å². The SMILES string of the molecule is CN(CCOCCN)CC1CCN(C)C1. The number of ether oxygens (including phenoxy) is 1. The summed E-state index contributed by atoms with van der Waals surface area (Å²) >= 11 is 0. The van der Waals surface area contributed by atoms with E-state index in [4.69, 9.17) is 10.5 Å². The molecule has 2 N–H and O–H groups in total. The van der Waals surface area contributed by atoms with E-state index in [0.29, 0.717) is 13.2 Å². The lowest BCUT2D eigenvalue weighted by atomic mass is 10.1. The van der Waals surface area contributed by atoms with Gasteiger partial charge < -0.3 is 20.3 Å². The molecule has 1 atom stereocenters. The van der Waals surface area contributed by atoms with Crippen molar-refractivity contribution in [2.24, 2.45) is 11.7 Å². The minimum absolute atomic E-state index is 0.622. The van der Waals surface area contributed by atoms with Gasteiger partial charge in [0.05, 0.1) is 13.2 Å². The zero-order valence-electron chi connectivity index (χ0n) is 10.1. The Morgan fingerprint density at radius 2 is 2.27 bits per heavy atom. The van der Waals surface area contributed by atoms with Crippen molar-refractivity contribution in [1.82, 2.24) is 9.80 Å². The maximum absolute atomic E-state index is 5.36. The molecule has 1 saturated heterocycles. The Morgan fingerprint density at radius 3 is 2.87 bits per heavy atom. The summed E-state index contributed by atoms with van der Waals surface area (Å²) in [4.78, 5) is 4.77. The molecule has 4 heteroatoms. The molecule has 1 unspecified atom stereocenters. The van der Waals surface area contributed by atoms with Crippen LogP contribution in [0, 0.1) is 5.92 Å². The van der Waals surface area contributed by atoms with Crippen LogP contribution in [0.15, 0.2) is 0 Å². The highest BCUT2D eigenvalue weighted by molar-refractivity contribution is 4.75. The van der Waals surface area contributed by atoms with Gasteiger partial charge in [-0.3, -0.25) is 0 Å². The molecular weight excluding hydrogens is 190 g/mol. The lowest BCUT2D eigenvalue weighted by molar-refractivity contribution is 0.113. The standard InChI is InChI=1S/C11H25N3O/c1-13-5-3-11(9-13)10-14(2)6-8-15-7-4-12/h11H,3-10,12H2,1-2H3. The fourth-order valence-corrected chi connectivity index (χ4v) is 2.11. The van der Waals surface area contributed by atoms with Crippen molar-refractivity contribution in [2.45, 2.75) is 6.42 Å². The molecule has 1 heterocycles. The Bertz CT molecular complexity index is 166. The summed E-state index contributed by atoms with van der Waals surface area (Å²) in [5, 5.41) is 0. The van der Waals surface area contributed by atoms with Gasteiger partial charge in [0.25, 0.3) is 0 Å². The minimum Gasteiger partial charge on any atom is -0.379 e. The predicted molar refractivity (Wildman–Crippen MR) is 63.0 cm³/mol. The highest BCUT2D eigenvalue weighted by atomic mass is 16.5. The average molecular weight is 215 g/mol. The van der Waals surface area contributed by atoms with E-state index in [0.717, 1.165) is 19.1 Å². The third-order valence-electron chi connectivity index (χ3n) is 2.94. The van der Waals surface area contributed by atoms with E-state index in [1.807, 2.05) is 0 Å². The van der Waals surface area contributed by atoms with Crippen molar-refractivity contribution in [2.75, 3.05) is 60.0 Å². The number of nitrogens with two attached hydrogens (primary N) is 1. The highest BCUT2D eigenvalue weighted by Crippen LogP contribution is 2.14. The fourth-order valence-electron chi connectivity index (χ4n) is 2.11. The van der Waals surface area contributed by atoms with Crippen LogP contribution < -0.4 is 5.73 Å². The Labute approximate surface area is 93.4 Å². The molecule has 0 amide bonds. The summed E-state index contributed by atoms with van der Waals surface area (Å²) in [6.45, 7) is 6.81. The van der Waals surface area contributed by atoms with Crippen LogP contribution in [0.2, 0.25) is 0 Å². The van der Waals surface area contributed by atoms with Gasteiger partial charge >= 0.3 is 0 Å². The van der Waals surface area contributed by atoms with Crippen molar-refractivity contribution in [1.29, 1.82) is 0 Å². The second kappa shape index (κ2) is 7.17. The number of hydrogen-bond donors (Lipinski definition) is 1. The second-order valence-electron chi connectivity index (χ2n) is 4.58. The quantitative estimate of drug-likeness (QED) is 0.600. The molecule has 0 spiro atoms. The van der Waals surface area contributed by atoms with Crippen molar-refractivity contribution < 1.29 is 4.74 Å². The van der Waals surface area contributed by atoms with Crippen molar-refractivity contribution in [3.63, 3.8) is 0 Å². The van der Waals surface area contributed by atoms with E-state index in [-0.39, 0.29) is 0 Å². The molecular formula is C11H25N3O.